The molecule has 0 aliphatic heterocycles. The SMILES string of the molecule is CCC1(C(=O)c2cc(C)c(OC)c(C)c2)CCCC1. The number of carbonyl (C=O) groups is 1. The van der Waals surface area contributed by atoms with Crippen LogP contribution in [0.25, 0.3) is 0 Å². The van der Waals surface area contributed by atoms with Gasteiger partial charge in [-0.3, -0.25) is 4.79 Å². The van der Waals surface area contributed by atoms with E-state index in [2.05, 4.69) is 6.92 Å². The second kappa shape index (κ2) is 5.36. The highest BCUT2D eigenvalue weighted by Gasteiger charge is 2.39. The van der Waals surface area contributed by atoms with Gasteiger partial charge < -0.3 is 4.74 Å². The molecule has 104 valence electrons. The summed E-state index contributed by atoms with van der Waals surface area (Å²) in [6.07, 6.45) is 5.43. The van der Waals surface area contributed by atoms with Gasteiger partial charge in [-0.1, -0.05) is 19.8 Å². The predicted octanol–water partition coefficient (Wildman–Crippen LogP) is 4.47. The highest BCUT2D eigenvalue weighted by atomic mass is 16.5. The van der Waals surface area contributed by atoms with Crippen molar-refractivity contribution in [1.29, 1.82) is 0 Å². The Balaban J connectivity index is 2.39. The van der Waals surface area contributed by atoms with Crippen molar-refractivity contribution in [3.05, 3.63) is 28.8 Å². The molecule has 1 aliphatic carbocycles. The fourth-order valence-electron chi connectivity index (χ4n) is 3.50. The predicted molar refractivity (Wildman–Crippen MR) is 78.0 cm³/mol. The van der Waals surface area contributed by atoms with Crippen LogP contribution in [0.2, 0.25) is 0 Å². The zero-order valence-corrected chi connectivity index (χ0v) is 12.5. The van der Waals surface area contributed by atoms with Crippen LogP contribution in [0.4, 0.5) is 0 Å². The molecule has 0 amide bonds. The number of benzene rings is 1. The summed E-state index contributed by atoms with van der Waals surface area (Å²) in [5.74, 6) is 1.23. The van der Waals surface area contributed by atoms with Gasteiger partial charge in [0.25, 0.3) is 0 Å². The van der Waals surface area contributed by atoms with Crippen molar-refractivity contribution < 1.29 is 9.53 Å². The molecule has 1 aromatic carbocycles. The Morgan fingerprint density at radius 2 is 1.74 bits per heavy atom. The van der Waals surface area contributed by atoms with Crippen molar-refractivity contribution in [3.8, 4) is 5.75 Å². The first kappa shape index (κ1) is 14.1. The van der Waals surface area contributed by atoms with Crippen molar-refractivity contribution in [2.75, 3.05) is 7.11 Å². The molecule has 1 aromatic rings. The van der Waals surface area contributed by atoms with Crippen LogP contribution < -0.4 is 4.74 Å². The van der Waals surface area contributed by atoms with Gasteiger partial charge in [-0.2, -0.15) is 0 Å². The zero-order chi connectivity index (χ0) is 14.0. The van der Waals surface area contributed by atoms with Crippen LogP contribution in [-0.2, 0) is 0 Å². The number of carbonyl (C=O) groups excluding carboxylic acids is 1. The Bertz CT molecular complexity index is 459. The van der Waals surface area contributed by atoms with Crippen LogP contribution in [0.1, 0.15) is 60.5 Å². The topological polar surface area (TPSA) is 26.3 Å². The molecule has 0 N–H and O–H groups in total. The summed E-state index contributed by atoms with van der Waals surface area (Å²) in [6.45, 7) is 6.16. The minimum Gasteiger partial charge on any atom is -0.496 e. The first-order chi connectivity index (χ1) is 9.04. The van der Waals surface area contributed by atoms with Gasteiger partial charge in [-0.15, -0.1) is 0 Å². The fourth-order valence-corrected chi connectivity index (χ4v) is 3.50. The van der Waals surface area contributed by atoms with Crippen LogP contribution in [-0.4, -0.2) is 12.9 Å². The van der Waals surface area contributed by atoms with E-state index in [0.717, 1.165) is 41.7 Å². The molecule has 1 fully saturated rings. The molecule has 1 saturated carbocycles. The Morgan fingerprint density at radius 3 is 2.16 bits per heavy atom. The lowest BCUT2D eigenvalue weighted by atomic mass is 9.76. The van der Waals surface area contributed by atoms with Gasteiger partial charge in [0, 0.05) is 11.0 Å². The molecular weight excluding hydrogens is 236 g/mol. The van der Waals surface area contributed by atoms with E-state index in [1.54, 1.807) is 7.11 Å². The smallest absolute Gasteiger partial charge is 0.169 e. The van der Waals surface area contributed by atoms with Gasteiger partial charge >= 0.3 is 0 Å². The lowest BCUT2D eigenvalue weighted by Gasteiger charge is -2.26. The molecule has 0 atom stereocenters. The molecule has 0 radical (unpaired) electrons. The minimum atomic E-state index is -0.104. The molecule has 2 nitrogen and oxygen atoms in total. The molecule has 19 heavy (non-hydrogen) atoms. The third-order valence-electron chi connectivity index (χ3n) is 4.65. The monoisotopic (exact) mass is 260 g/mol. The molecule has 0 unspecified atom stereocenters. The molecular formula is C17H24O2. The third-order valence-corrected chi connectivity index (χ3v) is 4.65. The van der Waals surface area contributed by atoms with Crippen molar-refractivity contribution >= 4 is 5.78 Å². The maximum atomic E-state index is 12.9. The first-order valence-electron chi connectivity index (χ1n) is 7.24. The van der Waals surface area contributed by atoms with E-state index in [-0.39, 0.29) is 5.41 Å². The van der Waals surface area contributed by atoms with Gasteiger partial charge in [0.05, 0.1) is 7.11 Å². The second-order valence-corrected chi connectivity index (χ2v) is 5.81. The van der Waals surface area contributed by atoms with Crippen LogP contribution in [0.15, 0.2) is 12.1 Å². The number of ketones is 1. The van der Waals surface area contributed by atoms with Crippen molar-refractivity contribution in [3.63, 3.8) is 0 Å². The summed E-state index contributed by atoms with van der Waals surface area (Å²) in [5, 5.41) is 0. The Kier molecular flexibility index (Phi) is 3.98. The van der Waals surface area contributed by atoms with Gasteiger partial charge in [-0.25, -0.2) is 0 Å². The van der Waals surface area contributed by atoms with Crippen LogP contribution in [0.5, 0.6) is 5.75 Å². The van der Waals surface area contributed by atoms with Gasteiger partial charge in [-0.05, 0) is 56.4 Å². The molecule has 0 saturated heterocycles. The number of Topliss-reactive ketones (excluding diaryl/α,β-unsaturated/α-hetero) is 1. The highest BCUT2D eigenvalue weighted by molar-refractivity contribution is 6.01. The molecule has 2 heteroatoms. The minimum absolute atomic E-state index is 0.104. The molecule has 0 bridgehead atoms. The van der Waals surface area contributed by atoms with Crippen LogP contribution in [0.3, 0.4) is 0 Å². The molecule has 0 heterocycles. The normalized spacial score (nSPS) is 17.5. The average molecular weight is 260 g/mol. The molecule has 0 spiro atoms. The largest absolute Gasteiger partial charge is 0.496 e. The summed E-state index contributed by atoms with van der Waals surface area (Å²) in [7, 11) is 1.68. The summed E-state index contributed by atoms with van der Waals surface area (Å²) >= 11 is 0. The van der Waals surface area contributed by atoms with E-state index in [9.17, 15) is 4.79 Å². The maximum Gasteiger partial charge on any atom is 0.169 e. The number of ether oxygens (including phenoxy) is 1. The number of rotatable bonds is 4. The second-order valence-electron chi connectivity index (χ2n) is 5.81. The third kappa shape index (κ3) is 2.41. The Morgan fingerprint density at radius 1 is 1.21 bits per heavy atom. The molecule has 0 aromatic heterocycles. The maximum absolute atomic E-state index is 12.9. The highest BCUT2D eigenvalue weighted by Crippen LogP contribution is 2.44. The van der Waals surface area contributed by atoms with Gasteiger partial charge in [0.2, 0.25) is 0 Å². The standard InChI is InChI=1S/C17H24O2/c1-5-17(8-6-7-9-17)16(18)14-10-12(2)15(19-4)13(3)11-14/h10-11H,5-9H2,1-4H3. The van der Waals surface area contributed by atoms with Crippen LogP contribution >= 0.6 is 0 Å². The van der Waals surface area contributed by atoms with Crippen molar-refractivity contribution in [2.24, 2.45) is 5.41 Å². The number of hydrogen-bond donors (Lipinski definition) is 0. The van der Waals surface area contributed by atoms with Crippen molar-refractivity contribution in [1.82, 2.24) is 0 Å². The quantitative estimate of drug-likeness (QED) is 0.747. The molecule has 2 rings (SSSR count). The summed E-state index contributed by atoms with van der Waals surface area (Å²) in [6, 6.07) is 3.98. The number of aryl methyl sites for hydroxylation is 2. The van der Waals surface area contributed by atoms with E-state index in [1.165, 1.54) is 12.8 Å². The van der Waals surface area contributed by atoms with Crippen LogP contribution in [0, 0.1) is 19.3 Å². The van der Waals surface area contributed by atoms with E-state index in [4.69, 9.17) is 4.74 Å². The lowest BCUT2D eigenvalue weighted by molar-refractivity contribution is 0.0791. The lowest BCUT2D eigenvalue weighted by Crippen LogP contribution is -2.27. The Hall–Kier alpha value is -1.31. The number of hydrogen-bond acceptors (Lipinski definition) is 2. The van der Waals surface area contributed by atoms with E-state index >= 15 is 0 Å². The zero-order valence-electron chi connectivity index (χ0n) is 12.5. The summed E-state index contributed by atoms with van der Waals surface area (Å²) in [5.41, 5.74) is 2.86. The molecule has 1 aliphatic rings. The van der Waals surface area contributed by atoms with E-state index in [0.29, 0.717) is 5.78 Å². The summed E-state index contributed by atoms with van der Waals surface area (Å²) < 4.78 is 5.38. The van der Waals surface area contributed by atoms with E-state index in [1.807, 2.05) is 26.0 Å². The Labute approximate surface area is 116 Å². The number of methoxy groups -OCH3 is 1. The van der Waals surface area contributed by atoms with Crippen molar-refractivity contribution in [2.45, 2.75) is 52.9 Å². The average Bonchev–Trinajstić information content (AvgIpc) is 2.87. The van der Waals surface area contributed by atoms with Gasteiger partial charge in [0.1, 0.15) is 5.75 Å². The first-order valence-corrected chi connectivity index (χ1v) is 7.24. The summed E-state index contributed by atoms with van der Waals surface area (Å²) in [4.78, 5) is 12.9. The van der Waals surface area contributed by atoms with Gasteiger partial charge in [0.15, 0.2) is 5.78 Å². The fraction of sp³-hybridized carbons (Fsp3) is 0.588. The van der Waals surface area contributed by atoms with E-state index < -0.39 is 0 Å².